The van der Waals surface area contributed by atoms with Crippen LogP contribution in [-0.4, -0.2) is 27.4 Å². The minimum atomic E-state index is -0.148. The van der Waals surface area contributed by atoms with Crippen molar-refractivity contribution in [2.75, 3.05) is 6.54 Å². The molecule has 1 aromatic heterocycles. The number of nitrogens with one attached hydrogen (secondary N) is 2. The molecule has 2 heterocycles. The Kier molecular flexibility index (Phi) is 4.64. The summed E-state index contributed by atoms with van der Waals surface area (Å²) in [6.45, 7) is 5.21. The molecule has 2 amide bonds. The van der Waals surface area contributed by atoms with Gasteiger partial charge in [0.05, 0.1) is 24.3 Å². The molecular formula is C18H22N4O2. The smallest absolute Gasteiger partial charge is 0.318 e. The number of fused-ring (bicyclic) bond motifs is 1. The molecule has 1 aliphatic heterocycles. The number of aryl methyl sites for hydroxylation is 1. The summed E-state index contributed by atoms with van der Waals surface area (Å²) >= 11 is 0. The number of benzene rings is 1. The standard InChI is InChI=1S/C18H22N4O2/c1-12(14-6-4-3-5-7-14)8-9-19-18(24)22-10-15-16(11-22)20-13(2)21-17(15)23/h3-7,12H,8-11H2,1-2H3,(H,19,24)(H,20,21,23). The number of hydrogen-bond donors (Lipinski definition) is 2. The lowest BCUT2D eigenvalue weighted by atomic mass is 9.98. The first-order valence-electron chi connectivity index (χ1n) is 8.21. The van der Waals surface area contributed by atoms with Gasteiger partial charge in [0.1, 0.15) is 5.82 Å². The Morgan fingerprint density at radius 1 is 1.33 bits per heavy atom. The third-order valence-electron chi connectivity index (χ3n) is 4.42. The second-order valence-electron chi connectivity index (χ2n) is 6.26. The molecular weight excluding hydrogens is 304 g/mol. The van der Waals surface area contributed by atoms with Gasteiger partial charge in [-0.3, -0.25) is 4.79 Å². The van der Waals surface area contributed by atoms with Crippen molar-refractivity contribution in [3.05, 3.63) is 63.3 Å². The molecule has 0 saturated heterocycles. The van der Waals surface area contributed by atoms with E-state index >= 15 is 0 Å². The van der Waals surface area contributed by atoms with E-state index in [9.17, 15) is 9.59 Å². The highest BCUT2D eigenvalue weighted by Gasteiger charge is 2.27. The molecule has 126 valence electrons. The van der Waals surface area contributed by atoms with Crippen molar-refractivity contribution in [3.63, 3.8) is 0 Å². The Hall–Kier alpha value is -2.63. The van der Waals surface area contributed by atoms with Crippen molar-refractivity contribution < 1.29 is 4.79 Å². The summed E-state index contributed by atoms with van der Waals surface area (Å²) < 4.78 is 0. The highest BCUT2D eigenvalue weighted by molar-refractivity contribution is 5.74. The van der Waals surface area contributed by atoms with E-state index in [-0.39, 0.29) is 11.6 Å². The first-order valence-corrected chi connectivity index (χ1v) is 8.21. The topological polar surface area (TPSA) is 78.1 Å². The first kappa shape index (κ1) is 16.2. The molecule has 3 rings (SSSR count). The zero-order valence-electron chi connectivity index (χ0n) is 14.0. The van der Waals surface area contributed by atoms with Gasteiger partial charge in [-0.2, -0.15) is 0 Å². The van der Waals surface area contributed by atoms with Crippen molar-refractivity contribution in [3.8, 4) is 0 Å². The Labute approximate surface area is 140 Å². The van der Waals surface area contributed by atoms with Gasteiger partial charge in [0.2, 0.25) is 0 Å². The van der Waals surface area contributed by atoms with Crippen LogP contribution in [0.2, 0.25) is 0 Å². The quantitative estimate of drug-likeness (QED) is 0.905. The van der Waals surface area contributed by atoms with E-state index in [1.807, 2.05) is 18.2 Å². The summed E-state index contributed by atoms with van der Waals surface area (Å²) in [7, 11) is 0. The number of rotatable bonds is 4. The summed E-state index contributed by atoms with van der Waals surface area (Å²) in [5.74, 6) is 0.965. The Morgan fingerprint density at radius 2 is 2.08 bits per heavy atom. The summed E-state index contributed by atoms with van der Waals surface area (Å²) in [6, 6.07) is 10.1. The van der Waals surface area contributed by atoms with E-state index in [0.29, 0.717) is 42.6 Å². The fourth-order valence-electron chi connectivity index (χ4n) is 2.99. The summed E-state index contributed by atoms with van der Waals surface area (Å²) in [5, 5.41) is 2.94. The van der Waals surface area contributed by atoms with Crippen molar-refractivity contribution in [1.82, 2.24) is 20.2 Å². The molecule has 0 fully saturated rings. The first-order chi connectivity index (χ1) is 11.5. The van der Waals surface area contributed by atoms with Gasteiger partial charge in [0.15, 0.2) is 0 Å². The van der Waals surface area contributed by atoms with Gasteiger partial charge in [0, 0.05) is 6.54 Å². The lowest BCUT2D eigenvalue weighted by Gasteiger charge is -2.17. The Morgan fingerprint density at radius 3 is 2.83 bits per heavy atom. The molecule has 1 aliphatic rings. The van der Waals surface area contributed by atoms with Crippen LogP contribution in [0.25, 0.3) is 0 Å². The number of aromatic amines is 1. The van der Waals surface area contributed by atoms with Crippen LogP contribution in [0.5, 0.6) is 0 Å². The summed E-state index contributed by atoms with van der Waals surface area (Å²) in [6.07, 6.45) is 0.870. The fraction of sp³-hybridized carbons (Fsp3) is 0.389. The zero-order chi connectivity index (χ0) is 17.1. The van der Waals surface area contributed by atoms with Crippen LogP contribution >= 0.6 is 0 Å². The number of aromatic nitrogens is 2. The van der Waals surface area contributed by atoms with Gasteiger partial charge in [-0.05, 0) is 24.8 Å². The van der Waals surface area contributed by atoms with Gasteiger partial charge in [0.25, 0.3) is 5.56 Å². The van der Waals surface area contributed by atoms with Crippen molar-refractivity contribution in [2.24, 2.45) is 0 Å². The molecule has 2 aromatic rings. The summed E-state index contributed by atoms with van der Waals surface area (Å²) in [4.78, 5) is 32.8. The molecule has 1 atom stereocenters. The van der Waals surface area contributed by atoms with Gasteiger partial charge >= 0.3 is 6.03 Å². The predicted molar refractivity (Wildman–Crippen MR) is 91.7 cm³/mol. The van der Waals surface area contributed by atoms with Gasteiger partial charge in [-0.25, -0.2) is 9.78 Å². The number of carbonyl (C=O) groups is 1. The molecule has 24 heavy (non-hydrogen) atoms. The van der Waals surface area contributed by atoms with Crippen molar-refractivity contribution in [2.45, 2.75) is 39.3 Å². The van der Waals surface area contributed by atoms with E-state index in [4.69, 9.17) is 0 Å². The maximum Gasteiger partial charge on any atom is 0.318 e. The third-order valence-corrected chi connectivity index (χ3v) is 4.42. The number of nitrogens with zero attached hydrogens (tertiary/aromatic N) is 2. The fourth-order valence-corrected chi connectivity index (χ4v) is 2.99. The molecule has 1 unspecified atom stereocenters. The van der Waals surface area contributed by atoms with Crippen molar-refractivity contribution in [1.29, 1.82) is 0 Å². The second kappa shape index (κ2) is 6.86. The molecule has 6 heteroatoms. The highest BCUT2D eigenvalue weighted by atomic mass is 16.2. The van der Waals surface area contributed by atoms with E-state index < -0.39 is 0 Å². The molecule has 0 spiro atoms. The monoisotopic (exact) mass is 326 g/mol. The van der Waals surface area contributed by atoms with Crippen LogP contribution in [0.3, 0.4) is 0 Å². The molecule has 2 N–H and O–H groups in total. The predicted octanol–water partition coefficient (Wildman–Crippen LogP) is 2.30. The largest absolute Gasteiger partial charge is 0.338 e. The van der Waals surface area contributed by atoms with Gasteiger partial charge < -0.3 is 15.2 Å². The van der Waals surface area contributed by atoms with Crippen LogP contribution in [0, 0.1) is 6.92 Å². The van der Waals surface area contributed by atoms with Gasteiger partial charge in [-0.15, -0.1) is 0 Å². The normalized spacial score (nSPS) is 14.3. The lowest BCUT2D eigenvalue weighted by Crippen LogP contribution is -2.37. The van der Waals surface area contributed by atoms with E-state index in [1.165, 1.54) is 5.56 Å². The average molecular weight is 326 g/mol. The third kappa shape index (κ3) is 3.48. The second-order valence-corrected chi connectivity index (χ2v) is 6.26. The molecule has 0 saturated carbocycles. The molecule has 6 nitrogen and oxygen atoms in total. The van der Waals surface area contributed by atoms with E-state index in [2.05, 4.69) is 34.3 Å². The number of urea groups is 1. The maximum absolute atomic E-state index is 12.3. The average Bonchev–Trinajstić information content (AvgIpc) is 3.00. The Bertz CT molecular complexity index is 785. The zero-order valence-corrected chi connectivity index (χ0v) is 14.0. The molecule has 0 bridgehead atoms. The van der Waals surface area contributed by atoms with Crippen LogP contribution in [0.4, 0.5) is 4.79 Å². The SMILES string of the molecule is Cc1nc2c(c(=O)[nH]1)CN(C(=O)NCCC(C)c1ccccc1)C2. The van der Waals surface area contributed by atoms with E-state index in [0.717, 1.165) is 6.42 Å². The number of H-pyrrole nitrogens is 1. The minimum absolute atomic E-state index is 0.148. The van der Waals surface area contributed by atoms with Gasteiger partial charge in [-0.1, -0.05) is 37.3 Å². The molecule has 0 aliphatic carbocycles. The maximum atomic E-state index is 12.3. The van der Waals surface area contributed by atoms with Crippen LogP contribution in [0.1, 0.15) is 41.9 Å². The Balaban J connectivity index is 1.52. The van der Waals surface area contributed by atoms with Crippen LogP contribution in [0.15, 0.2) is 35.1 Å². The molecule has 0 radical (unpaired) electrons. The minimum Gasteiger partial charge on any atom is -0.338 e. The van der Waals surface area contributed by atoms with Crippen molar-refractivity contribution >= 4 is 6.03 Å². The summed E-state index contributed by atoms with van der Waals surface area (Å²) in [5.41, 5.74) is 2.41. The van der Waals surface area contributed by atoms with Crippen LogP contribution < -0.4 is 10.9 Å². The van der Waals surface area contributed by atoms with Crippen LogP contribution in [-0.2, 0) is 13.1 Å². The molecule has 1 aromatic carbocycles. The number of amides is 2. The number of hydrogen-bond acceptors (Lipinski definition) is 3. The highest BCUT2D eigenvalue weighted by Crippen LogP contribution is 2.19. The lowest BCUT2D eigenvalue weighted by molar-refractivity contribution is 0.198. The number of carbonyl (C=O) groups excluding carboxylic acids is 1. The van der Waals surface area contributed by atoms with E-state index in [1.54, 1.807) is 11.8 Å².